The summed E-state index contributed by atoms with van der Waals surface area (Å²) in [5.74, 6) is 0.481. The number of amides is 1. The van der Waals surface area contributed by atoms with E-state index in [1.165, 1.54) is 17.8 Å². The molecule has 1 amide bonds. The normalized spacial score (nSPS) is 14.7. The molecule has 0 saturated carbocycles. The van der Waals surface area contributed by atoms with E-state index in [2.05, 4.69) is 32.2 Å². The molecule has 8 nitrogen and oxygen atoms in total. The highest BCUT2D eigenvalue weighted by Gasteiger charge is 2.21. The molecule has 1 fully saturated rings. The molecule has 3 heterocycles. The lowest BCUT2D eigenvalue weighted by atomic mass is 10.3. The van der Waals surface area contributed by atoms with Gasteiger partial charge in [-0.25, -0.2) is 0 Å². The summed E-state index contributed by atoms with van der Waals surface area (Å²) >= 11 is 1.50. The van der Waals surface area contributed by atoms with Crippen molar-refractivity contribution < 1.29 is 9.53 Å². The van der Waals surface area contributed by atoms with Crippen LogP contribution in [0.5, 0.6) is 5.75 Å². The van der Waals surface area contributed by atoms with Crippen LogP contribution in [-0.4, -0.2) is 65.4 Å². The van der Waals surface area contributed by atoms with Crippen LogP contribution in [0, 0.1) is 0 Å². The van der Waals surface area contributed by atoms with E-state index < -0.39 is 0 Å². The van der Waals surface area contributed by atoms with Gasteiger partial charge in [-0.2, -0.15) is 0 Å². The highest BCUT2D eigenvalue weighted by atomic mass is 32.1. The van der Waals surface area contributed by atoms with Gasteiger partial charge in [-0.15, -0.1) is 10.2 Å². The largest absolute Gasteiger partial charge is 0.497 e. The fourth-order valence-electron chi connectivity index (χ4n) is 3.54. The Morgan fingerprint density at radius 1 is 1.13 bits per heavy atom. The number of nitrogens with one attached hydrogen (secondary N) is 1. The number of benzene rings is 1. The van der Waals surface area contributed by atoms with Gasteiger partial charge in [0, 0.05) is 44.1 Å². The lowest BCUT2D eigenvalue weighted by molar-refractivity contribution is 0.102. The van der Waals surface area contributed by atoms with Crippen LogP contribution in [0.25, 0.3) is 5.13 Å². The Hall–Kier alpha value is -2.91. The molecule has 1 aliphatic heterocycles. The number of anilines is 2. The maximum absolute atomic E-state index is 12.8. The second-order valence-electron chi connectivity index (χ2n) is 7.15. The number of ether oxygens (including phenoxy) is 1. The van der Waals surface area contributed by atoms with Gasteiger partial charge in [0.25, 0.3) is 5.91 Å². The SMILES string of the molecule is CCCN1CCN(c2nnc(-n3cccc3C(=O)Nc3cccc(OC)c3)s2)CC1. The van der Waals surface area contributed by atoms with Crippen molar-refractivity contribution >= 4 is 28.1 Å². The second-order valence-corrected chi connectivity index (χ2v) is 8.08. The molecule has 1 aliphatic rings. The van der Waals surface area contributed by atoms with Gasteiger partial charge in [0.05, 0.1) is 7.11 Å². The number of hydrogen-bond acceptors (Lipinski definition) is 7. The number of methoxy groups -OCH3 is 1. The molecule has 0 aliphatic carbocycles. The number of nitrogens with zero attached hydrogens (tertiary/aromatic N) is 5. The predicted molar refractivity (Wildman–Crippen MR) is 119 cm³/mol. The maximum atomic E-state index is 12.8. The molecule has 0 unspecified atom stereocenters. The highest BCUT2D eigenvalue weighted by molar-refractivity contribution is 7.17. The average Bonchev–Trinajstić information content (AvgIpc) is 3.44. The number of carbonyl (C=O) groups is 1. The van der Waals surface area contributed by atoms with Crippen LogP contribution in [0.15, 0.2) is 42.6 Å². The molecule has 0 radical (unpaired) electrons. The zero-order valence-electron chi connectivity index (χ0n) is 17.2. The summed E-state index contributed by atoms with van der Waals surface area (Å²) in [6.45, 7) is 7.33. The molecule has 0 bridgehead atoms. The molecule has 3 aromatic rings. The van der Waals surface area contributed by atoms with Gasteiger partial charge in [-0.3, -0.25) is 14.3 Å². The Labute approximate surface area is 180 Å². The smallest absolute Gasteiger partial charge is 0.272 e. The Bertz CT molecular complexity index is 993. The predicted octanol–water partition coefficient (Wildman–Crippen LogP) is 3.12. The zero-order valence-corrected chi connectivity index (χ0v) is 18.1. The number of piperazine rings is 1. The molecule has 0 spiro atoms. The summed E-state index contributed by atoms with van der Waals surface area (Å²) in [6.07, 6.45) is 3.02. The molecule has 9 heteroatoms. The topological polar surface area (TPSA) is 75.5 Å². The van der Waals surface area contributed by atoms with E-state index in [0.717, 1.165) is 37.9 Å². The van der Waals surface area contributed by atoms with Crippen molar-refractivity contribution in [1.29, 1.82) is 0 Å². The summed E-state index contributed by atoms with van der Waals surface area (Å²) in [7, 11) is 1.60. The van der Waals surface area contributed by atoms with E-state index >= 15 is 0 Å². The monoisotopic (exact) mass is 426 g/mol. The van der Waals surface area contributed by atoms with Crippen LogP contribution in [-0.2, 0) is 0 Å². The third kappa shape index (κ3) is 4.47. The van der Waals surface area contributed by atoms with Crippen molar-refractivity contribution in [2.45, 2.75) is 13.3 Å². The minimum absolute atomic E-state index is 0.210. The van der Waals surface area contributed by atoms with Crippen molar-refractivity contribution in [3.8, 4) is 10.9 Å². The van der Waals surface area contributed by atoms with Crippen LogP contribution in [0.3, 0.4) is 0 Å². The van der Waals surface area contributed by atoms with Gasteiger partial charge in [0.2, 0.25) is 10.3 Å². The van der Waals surface area contributed by atoms with Crippen molar-refractivity contribution in [2.75, 3.05) is 50.1 Å². The van der Waals surface area contributed by atoms with Crippen molar-refractivity contribution in [1.82, 2.24) is 19.7 Å². The summed E-state index contributed by atoms with van der Waals surface area (Å²) in [5.41, 5.74) is 1.18. The van der Waals surface area contributed by atoms with Gasteiger partial charge in [-0.05, 0) is 37.2 Å². The molecular weight excluding hydrogens is 400 g/mol. The van der Waals surface area contributed by atoms with E-state index in [9.17, 15) is 4.79 Å². The number of hydrogen-bond donors (Lipinski definition) is 1. The van der Waals surface area contributed by atoms with E-state index in [1.54, 1.807) is 23.8 Å². The summed E-state index contributed by atoms with van der Waals surface area (Å²) < 4.78 is 7.00. The van der Waals surface area contributed by atoms with Gasteiger partial charge >= 0.3 is 0 Å². The molecule has 158 valence electrons. The van der Waals surface area contributed by atoms with E-state index in [0.29, 0.717) is 22.3 Å². The average molecular weight is 427 g/mol. The maximum Gasteiger partial charge on any atom is 0.272 e. The highest BCUT2D eigenvalue weighted by Crippen LogP contribution is 2.26. The molecule has 4 rings (SSSR count). The first-order valence-corrected chi connectivity index (χ1v) is 10.9. The first-order chi connectivity index (χ1) is 14.7. The molecule has 2 aromatic heterocycles. The molecule has 1 N–H and O–H groups in total. The minimum Gasteiger partial charge on any atom is -0.497 e. The summed E-state index contributed by atoms with van der Waals surface area (Å²) in [6, 6.07) is 10.9. The standard InChI is InChI=1S/C21H26N6O2S/c1-3-9-25-11-13-26(14-12-25)20-23-24-21(30-20)27-10-5-8-18(27)19(28)22-16-6-4-7-17(15-16)29-2/h4-8,10,15H,3,9,11-14H2,1-2H3,(H,22,28). The molecule has 0 atom stereocenters. The number of aromatic nitrogens is 3. The zero-order chi connectivity index (χ0) is 20.9. The lowest BCUT2D eigenvalue weighted by Gasteiger charge is -2.33. The Morgan fingerprint density at radius 2 is 1.93 bits per heavy atom. The Morgan fingerprint density at radius 3 is 2.70 bits per heavy atom. The van der Waals surface area contributed by atoms with Crippen LogP contribution in [0.4, 0.5) is 10.8 Å². The van der Waals surface area contributed by atoms with Gasteiger partial charge in [-0.1, -0.05) is 24.3 Å². The summed E-state index contributed by atoms with van der Waals surface area (Å²) in [4.78, 5) is 17.6. The minimum atomic E-state index is -0.210. The van der Waals surface area contributed by atoms with Crippen LogP contribution < -0.4 is 15.0 Å². The number of carbonyl (C=O) groups excluding carboxylic acids is 1. The lowest BCUT2D eigenvalue weighted by Crippen LogP contribution is -2.46. The first kappa shape index (κ1) is 20.4. The first-order valence-electron chi connectivity index (χ1n) is 10.1. The van der Waals surface area contributed by atoms with E-state index in [1.807, 2.05) is 30.5 Å². The quantitative estimate of drug-likeness (QED) is 0.626. The summed E-state index contributed by atoms with van der Waals surface area (Å²) in [5, 5.41) is 13.2. The van der Waals surface area contributed by atoms with Crippen LogP contribution in [0.1, 0.15) is 23.8 Å². The van der Waals surface area contributed by atoms with E-state index in [-0.39, 0.29) is 5.91 Å². The van der Waals surface area contributed by atoms with Crippen LogP contribution >= 0.6 is 11.3 Å². The fraction of sp³-hybridized carbons (Fsp3) is 0.381. The van der Waals surface area contributed by atoms with Gasteiger partial charge in [0.15, 0.2) is 0 Å². The third-order valence-electron chi connectivity index (χ3n) is 5.10. The van der Waals surface area contributed by atoms with Crippen molar-refractivity contribution in [2.24, 2.45) is 0 Å². The van der Waals surface area contributed by atoms with Crippen molar-refractivity contribution in [3.05, 3.63) is 48.3 Å². The third-order valence-corrected chi connectivity index (χ3v) is 6.08. The van der Waals surface area contributed by atoms with Gasteiger partial charge in [0.1, 0.15) is 11.4 Å². The molecule has 1 saturated heterocycles. The van der Waals surface area contributed by atoms with Crippen LogP contribution in [0.2, 0.25) is 0 Å². The molecular formula is C21H26N6O2S. The molecule has 30 heavy (non-hydrogen) atoms. The van der Waals surface area contributed by atoms with Gasteiger partial charge < -0.3 is 15.0 Å². The van der Waals surface area contributed by atoms with Crippen molar-refractivity contribution in [3.63, 3.8) is 0 Å². The molecule has 1 aromatic carbocycles. The Kier molecular flexibility index (Phi) is 6.29. The second kappa shape index (κ2) is 9.27. The fourth-order valence-corrected chi connectivity index (χ4v) is 4.44. The van der Waals surface area contributed by atoms with E-state index in [4.69, 9.17) is 4.74 Å². The Balaban J connectivity index is 1.46. The number of rotatable bonds is 7.